The predicted octanol–water partition coefficient (Wildman–Crippen LogP) is 4.20. The Balaban J connectivity index is 1.87. The van der Waals surface area contributed by atoms with E-state index < -0.39 is 0 Å². The molecular formula is C15H21BrClNO. The minimum absolute atomic E-state index is 0.693. The van der Waals surface area contributed by atoms with E-state index in [0.717, 1.165) is 35.1 Å². The molecule has 1 fully saturated rings. The van der Waals surface area contributed by atoms with Gasteiger partial charge in [-0.2, -0.15) is 0 Å². The third kappa shape index (κ3) is 4.11. The van der Waals surface area contributed by atoms with E-state index in [-0.39, 0.29) is 0 Å². The number of alkyl halides is 1. The molecule has 0 aliphatic heterocycles. The Bertz CT molecular complexity index is 413. The van der Waals surface area contributed by atoms with Crippen LogP contribution in [0.5, 0.6) is 5.75 Å². The molecule has 0 spiro atoms. The van der Waals surface area contributed by atoms with Crippen molar-refractivity contribution in [3.63, 3.8) is 0 Å². The van der Waals surface area contributed by atoms with Crippen molar-refractivity contribution >= 4 is 27.5 Å². The first-order valence-corrected chi connectivity index (χ1v) is 8.16. The van der Waals surface area contributed by atoms with Crippen LogP contribution in [0.3, 0.4) is 0 Å². The molecule has 1 aromatic rings. The maximum absolute atomic E-state index is 6.01. The van der Waals surface area contributed by atoms with Crippen molar-refractivity contribution in [1.82, 2.24) is 5.32 Å². The molecule has 1 saturated carbocycles. The summed E-state index contributed by atoms with van der Waals surface area (Å²) in [4.78, 5) is 0. The summed E-state index contributed by atoms with van der Waals surface area (Å²) in [5.41, 5.74) is 1.19. The summed E-state index contributed by atoms with van der Waals surface area (Å²) in [7, 11) is 1.72. The zero-order valence-corrected chi connectivity index (χ0v) is 13.6. The van der Waals surface area contributed by atoms with Crippen molar-refractivity contribution < 1.29 is 4.74 Å². The van der Waals surface area contributed by atoms with Gasteiger partial charge in [0.1, 0.15) is 5.75 Å². The molecule has 0 amide bonds. The van der Waals surface area contributed by atoms with Crippen LogP contribution in [0.2, 0.25) is 0 Å². The molecule has 4 heteroatoms. The topological polar surface area (TPSA) is 21.3 Å². The molecular weight excluding hydrogens is 326 g/mol. The largest absolute Gasteiger partial charge is 0.496 e. The van der Waals surface area contributed by atoms with Gasteiger partial charge in [-0.1, -0.05) is 22.4 Å². The Hall–Kier alpha value is -0.250. The quantitative estimate of drug-likeness (QED) is 0.779. The molecule has 1 aliphatic carbocycles. The zero-order valence-electron chi connectivity index (χ0n) is 11.3. The number of nitrogens with one attached hydrogen (secondary N) is 1. The molecule has 2 unspecified atom stereocenters. The summed E-state index contributed by atoms with van der Waals surface area (Å²) in [5.74, 6) is 3.16. The first-order valence-electron chi connectivity index (χ1n) is 6.83. The number of hydrogen-bond acceptors (Lipinski definition) is 2. The number of methoxy groups -OCH3 is 1. The fraction of sp³-hybridized carbons (Fsp3) is 0.600. The highest BCUT2D eigenvalue weighted by molar-refractivity contribution is 9.10. The lowest BCUT2D eigenvalue weighted by Gasteiger charge is -2.18. The van der Waals surface area contributed by atoms with E-state index in [1.165, 1.54) is 24.8 Å². The van der Waals surface area contributed by atoms with E-state index >= 15 is 0 Å². The van der Waals surface area contributed by atoms with E-state index in [9.17, 15) is 0 Å². The standard InChI is InChI=1S/C15H21BrClNO/c1-19-15-6-5-14(16)7-13(15)10-18-9-12-4-2-3-11(12)8-17/h5-7,11-12,18H,2-4,8-10H2,1H3. The molecule has 2 rings (SSSR count). The van der Waals surface area contributed by atoms with Crippen LogP contribution >= 0.6 is 27.5 Å². The van der Waals surface area contributed by atoms with Crippen LogP contribution in [0.15, 0.2) is 22.7 Å². The highest BCUT2D eigenvalue weighted by atomic mass is 79.9. The van der Waals surface area contributed by atoms with Crippen LogP contribution in [0.1, 0.15) is 24.8 Å². The molecule has 0 saturated heterocycles. The van der Waals surface area contributed by atoms with Crippen molar-refractivity contribution in [3.8, 4) is 5.75 Å². The summed E-state index contributed by atoms with van der Waals surface area (Å²) in [6.07, 6.45) is 3.92. The molecule has 0 aromatic heterocycles. The van der Waals surface area contributed by atoms with Crippen LogP contribution in [0.25, 0.3) is 0 Å². The van der Waals surface area contributed by atoms with E-state index in [0.29, 0.717) is 5.92 Å². The number of ether oxygens (including phenoxy) is 1. The summed E-state index contributed by atoms with van der Waals surface area (Å²) in [6, 6.07) is 6.11. The molecule has 0 bridgehead atoms. The van der Waals surface area contributed by atoms with Gasteiger partial charge in [-0.25, -0.2) is 0 Å². The molecule has 1 aromatic carbocycles. The second kappa shape index (κ2) is 7.51. The normalized spacial score (nSPS) is 22.7. The highest BCUT2D eigenvalue weighted by Crippen LogP contribution is 2.32. The molecule has 0 radical (unpaired) electrons. The monoisotopic (exact) mass is 345 g/mol. The lowest BCUT2D eigenvalue weighted by Crippen LogP contribution is -2.25. The van der Waals surface area contributed by atoms with Gasteiger partial charge in [-0.3, -0.25) is 0 Å². The molecule has 2 nitrogen and oxygen atoms in total. The minimum Gasteiger partial charge on any atom is -0.496 e. The third-order valence-electron chi connectivity index (χ3n) is 3.98. The highest BCUT2D eigenvalue weighted by Gasteiger charge is 2.25. The van der Waals surface area contributed by atoms with Gasteiger partial charge in [-0.05, 0) is 49.4 Å². The van der Waals surface area contributed by atoms with Crippen molar-refractivity contribution in [2.45, 2.75) is 25.8 Å². The van der Waals surface area contributed by atoms with Gasteiger partial charge in [-0.15, -0.1) is 11.6 Å². The molecule has 2 atom stereocenters. The summed E-state index contributed by atoms with van der Waals surface area (Å²) >= 11 is 9.52. The van der Waals surface area contributed by atoms with E-state index in [4.69, 9.17) is 16.3 Å². The third-order valence-corrected chi connectivity index (χ3v) is 4.87. The molecule has 1 aliphatic rings. The van der Waals surface area contributed by atoms with Gasteiger partial charge in [0.05, 0.1) is 7.11 Å². The predicted molar refractivity (Wildman–Crippen MR) is 84.0 cm³/mol. The van der Waals surface area contributed by atoms with E-state index in [1.807, 2.05) is 12.1 Å². The van der Waals surface area contributed by atoms with Crippen molar-refractivity contribution in [1.29, 1.82) is 0 Å². The lowest BCUT2D eigenvalue weighted by molar-refractivity contribution is 0.386. The van der Waals surface area contributed by atoms with Crippen LogP contribution in [-0.2, 0) is 6.54 Å². The van der Waals surface area contributed by atoms with Crippen LogP contribution in [0.4, 0.5) is 0 Å². The Morgan fingerprint density at radius 3 is 2.89 bits per heavy atom. The minimum atomic E-state index is 0.693. The van der Waals surface area contributed by atoms with Gasteiger partial charge >= 0.3 is 0 Å². The Morgan fingerprint density at radius 1 is 1.37 bits per heavy atom. The number of benzene rings is 1. The Labute approximate surface area is 129 Å². The van der Waals surface area contributed by atoms with E-state index in [1.54, 1.807) is 7.11 Å². The second-order valence-electron chi connectivity index (χ2n) is 5.19. The maximum atomic E-state index is 6.01. The SMILES string of the molecule is COc1ccc(Br)cc1CNCC1CCCC1CCl. The zero-order chi connectivity index (χ0) is 13.7. The van der Waals surface area contributed by atoms with Gasteiger partial charge in [0.15, 0.2) is 0 Å². The fourth-order valence-electron chi connectivity index (χ4n) is 2.86. The van der Waals surface area contributed by atoms with Gasteiger partial charge in [0, 0.05) is 22.5 Å². The first kappa shape index (κ1) is 15.1. The summed E-state index contributed by atoms with van der Waals surface area (Å²) < 4.78 is 6.47. The Kier molecular flexibility index (Phi) is 5.99. The first-order chi connectivity index (χ1) is 9.24. The molecule has 1 N–H and O–H groups in total. The van der Waals surface area contributed by atoms with Crippen molar-refractivity contribution in [3.05, 3.63) is 28.2 Å². The van der Waals surface area contributed by atoms with Crippen LogP contribution in [0, 0.1) is 11.8 Å². The summed E-state index contributed by atoms with van der Waals surface area (Å²) in [6.45, 7) is 1.89. The van der Waals surface area contributed by atoms with Gasteiger partial charge < -0.3 is 10.1 Å². The Morgan fingerprint density at radius 2 is 2.16 bits per heavy atom. The van der Waals surface area contributed by atoms with Crippen molar-refractivity contribution in [2.24, 2.45) is 11.8 Å². The second-order valence-corrected chi connectivity index (χ2v) is 6.42. The van der Waals surface area contributed by atoms with Crippen LogP contribution in [-0.4, -0.2) is 19.5 Å². The maximum Gasteiger partial charge on any atom is 0.123 e. The van der Waals surface area contributed by atoms with Gasteiger partial charge in [0.25, 0.3) is 0 Å². The van der Waals surface area contributed by atoms with Crippen LogP contribution < -0.4 is 10.1 Å². The molecule has 106 valence electrons. The lowest BCUT2D eigenvalue weighted by atomic mass is 9.98. The smallest absolute Gasteiger partial charge is 0.123 e. The average Bonchev–Trinajstić information content (AvgIpc) is 2.86. The number of hydrogen-bond donors (Lipinski definition) is 1. The summed E-state index contributed by atoms with van der Waals surface area (Å²) in [5, 5.41) is 3.55. The number of halogens is 2. The molecule has 19 heavy (non-hydrogen) atoms. The van der Waals surface area contributed by atoms with Gasteiger partial charge in [0.2, 0.25) is 0 Å². The van der Waals surface area contributed by atoms with E-state index in [2.05, 4.69) is 27.3 Å². The fourth-order valence-corrected chi connectivity index (χ4v) is 3.68. The average molecular weight is 347 g/mol. The van der Waals surface area contributed by atoms with Crippen molar-refractivity contribution in [2.75, 3.05) is 19.5 Å². The molecule has 0 heterocycles. The number of rotatable bonds is 6.